The first-order valence-corrected chi connectivity index (χ1v) is 8.87. The van der Waals surface area contributed by atoms with Gasteiger partial charge < -0.3 is 10.6 Å². The Bertz CT molecular complexity index is 960. The van der Waals surface area contributed by atoms with E-state index < -0.39 is 17.8 Å². The zero-order valence-corrected chi connectivity index (χ0v) is 15.7. The molecule has 0 spiro atoms. The standard InChI is InChI=1S/C22H21N3O3/c1-15-8-10-18(11-9-15)23-20(26)14-25-21(27)19(24-22(25)28)13-16(2)12-17-6-4-3-5-7-17/h3-13H,14H2,1-2H3,(H,23,26)(H,24,28). The van der Waals surface area contributed by atoms with E-state index in [0.29, 0.717) is 5.69 Å². The van der Waals surface area contributed by atoms with Crippen molar-refractivity contribution >= 4 is 29.6 Å². The van der Waals surface area contributed by atoms with Crippen LogP contribution >= 0.6 is 0 Å². The van der Waals surface area contributed by atoms with Crippen LogP contribution in [0.1, 0.15) is 18.1 Å². The maximum atomic E-state index is 12.5. The summed E-state index contributed by atoms with van der Waals surface area (Å²) in [6, 6.07) is 16.3. The van der Waals surface area contributed by atoms with Crippen LogP contribution in [0.15, 0.2) is 71.9 Å². The molecule has 2 aromatic carbocycles. The maximum Gasteiger partial charge on any atom is 0.329 e. The van der Waals surface area contributed by atoms with E-state index in [1.165, 1.54) is 0 Å². The lowest BCUT2D eigenvalue weighted by Crippen LogP contribution is -2.38. The zero-order valence-electron chi connectivity index (χ0n) is 15.7. The van der Waals surface area contributed by atoms with E-state index in [4.69, 9.17) is 0 Å². The number of carbonyl (C=O) groups is 3. The van der Waals surface area contributed by atoms with Gasteiger partial charge in [0.2, 0.25) is 5.91 Å². The SMILES string of the molecule is CC(=Cc1ccccc1)C=C1NC(=O)N(CC(=O)Nc2ccc(C)cc2)C1=O. The first-order chi connectivity index (χ1) is 13.4. The Morgan fingerprint density at radius 1 is 1.07 bits per heavy atom. The van der Waals surface area contributed by atoms with Gasteiger partial charge in [0, 0.05) is 5.69 Å². The highest BCUT2D eigenvalue weighted by Crippen LogP contribution is 2.15. The number of allylic oxidation sites excluding steroid dienone is 2. The molecule has 0 aromatic heterocycles. The second kappa shape index (κ2) is 8.35. The Kier molecular flexibility index (Phi) is 5.69. The quantitative estimate of drug-likeness (QED) is 0.620. The monoisotopic (exact) mass is 375 g/mol. The van der Waals surface area contributed by atoms with Crippen molar-refractivity contribution in [2.75, 3.05) is 11.9 Å². The maximum absolute atomic E-state index is 12.5. The predicted molar refractivity (Wildman–Crippen MR) is 108 cm³/mol. The Labute approximate surface area is 163 Å². The number of aryl methyl sites for hydroxylation is 1. The minimum atomic E-state index is -0.609. The number of urea groups is 1. The molecule has 4 amide bonds. The molecule has 0 saturated carbocycles. The predicted octanol–water partition coefficient (Wildman–Crippen LogP) is 3.47. The summed E-state index contributed by atoms with van der Waals surface area (Å²) in [6.07, 6.45) is 3.50. The lowest BCUT2D eigenvalue weighted by molar-refractivity contribution is -0.127. The number of nitrogens with zero attached hydrogens (tertiary/aromatic N) is 1. The first kappa shape index (κ1) is 19.1. The zero-order chi connectivity index (χ0) is 20.1. The second-order valence-electron chi connectivity index (χ2n) is 6.59. The van der Waals surface area contributed by atoms with Crippen molar-refractivity contribution in [1.29, 1.82) is 0 Å². The van der Waals surface area contributed by atoms with Gasteiger partial charge in [-0.3, -0.25) is 9.59 Å². The summed E-state index contributed by atoms with van der Waals surface area (Å²) in [4.78, 5) is 37.7. The minimum Gasteiger partial charge on any atom is -0.325 e. The molecule has 6 nitrogen and oxygen atoms in total. The minimum absolute atomic E-state index is 0.151. The number of imide groups is 1. The molecule has 1 aliphatic rings. The highest BCUT2D eigenvalue weighted by molar-refractivity contribution is 6.14. The number of anilines is 1. The van der Waals surface area contributed by atoms with Crippen LogP contribution < -0.4 is 10.6 Å². The molecule has 0 unspecified atom stereocenters. The lowest BCUT2D eigenvalue weighted by Gasteiger charge is -2.12. The molecule has 142 valence electrons. The van der Waals surface area contributed by atoms with Gasteiger partial charge in [0.05, 0.1) is 0 Å². The molecule has 1 saturated heterocycles. The van der Waals surface area contributed by atoms with Crippen LogP contribution in [0.3, 0.4) is 0 Å². The third-order valence-electron chi connectivity index (χ3n) is 4.17. The molecular formula is C22H21N3O3. The van der Waals surface area contributed by atoms with Crippen LogP contribution in [0, 0.1) is 6.92 Å². The summed E-state index contributed by atoms with van der Waals surface area (Å²) < 4.78 is 0. The van der Waals surface area contributed by atoms with Gasteiger partial charge in [0.25, 0.3) is 5.91 Å². The highest BCUT2D eigenvalue weighted by atomic mass is 16.2. The van der Waals surface area contributed by atoms with Gasteiger partial charge in [-0.25, -0.2) is 9.69 Å². The summed E-state index contributed by atoms with van der Waals surface area (Å²) >= 11 is 0. The molecule has 0 atom stereocenters. The van der Waals surface area contributed by atoms with Crippen molar-refractivity contribution in [1.82, 2.24) is 10.2 Å². The van der Waals surface area contributed by atoms with Gasteiger partial charge in [0.1, 0.15) is 12.2 Å². The third kappa shape index (κ3) is 4.73. The fourth-order valence-corrected chi connectivity index (χ4v) is 2.78. The van der Waals surface area contributed by atoms with Gasteiger partial charge in [-0.1, -0.05) is 54.1 Å². The van der Waals surface area contributed by atoms with E-state index in [2.05, 4.69) is 10.6 Å². The van der Waals surface area contributed by atoms with Gasteiger partial charge in [-0.15, -0.1) is 0 Å². The number of rotatable bonds is 5. The third-order valence-corrected chi connectivity index (χ3v) is 4.17. The van der Waals surface area contributed by atoms with Gasteiger partial charge in [-0.2, -0.15) is 0 Å². The molecule has 3 rings (SSSR count). The Morgan fingerprint density at radius 3 is 2.43 bits per heavy atom. The molecule has 6 heteroatoms. The van der Waals surface area contributed by atoms with E-state index in [1.54, 1.807) is 18.2 Å². The summed E-state index contributed by atoms with van der Waals surface area (Å²) in [5.41, 5.74) is 3.63. The summed E-state index contributed by atoms with van der Waals surface area (Å²) in [7, 11) is 0. The molecule has 2 aromatic rings. The Hall–Kier alpha value is -3.67. The fourth-order valence-electron chi connectivity index (χ4n) is 2.78. The van der Waals surface area contributed by atoms with Crippen LogP contribution in [-0.4, -0.2) is 29.3 Å². The van der Waals surface area contributed by atoms with E-state index in [9.17, 15) is 14.4 Å². The van der Waals surface area contributed by atoms with Crippen molar-refractivity contribution in [3.63, 3.8) is 0 Å². The number of amides is 4. The van der Waals surface area contributed by atoms with E-state index in [1.807, 2.05) is 62.4 Å². The number of nitrogens with one attached hydrogen (secondary N) is 2. The normalized spacial score (nSPS) is 15.7. The molecular weight excluding hydrogens is 354 g/mol. The summed E-state index contributed by atoms with van der Waals surface area (Å²) in [6.45, 7) is 3.43. The van der Waals surface area contributed by atoms with Crippen LogP contribution in [-0.2, 0) is 9.59 Å². The molecule has 0 aliphatic carbocycles. The highest BCUT2D eigenvalue weighted by Gasteiger charge is 2.34. The van der Waals surface area contributed by atoms with E-state index >= 15 is 0 Å². The van der Waals surface area contributed by atoms with Crippen LogP contribution in [0.25, 0.3) is 6.08 Å². The first-order valence-electron chi connectivity index (χ1n) is 8.87. The molecule has 28 heavy (non-hydrogen) atoms. The van der Waals surface area contributed by atoms with E-state index in [0.717, 1.165) is 21.6 Å². The number of benzene rings is 2. The Balaban J connectivity index is 1.66. The number of hydrogen-bond acceptors (Lipinski definition) is 3. The van der Waals surface area contributed by atoms with Crippen LogP contribution in [0.4, 0.5) is 10.5 Å². The van der Waals surface area contributed by atoms with E-state index in [-0.39, 0.29) is 12.2 Å². The fraction of sp³-hybridized carbons (Fsp3) is 0.136. The lowest BCUT2D eigenvalue weighted by atomic mass is 10.1. The molecule has 1 fully saturated rings. The largest absolute Gasteiger partial charge is 0.329 e. The molecule has 2 N–H and O–H groups in total. The molecule has 0 radical (unpaired) electrons. The topological polar surface area (TPSA) is 78.5 Å². The average molecular weight is 375 g/mol. The van der Waals surface area contributed by atoms with Crippen molar-refractivity contribution in [2.24, 2.45) is 0 Å². The average Bonchev–Trinajstić information content (AvgIpc) is 2.91. The van der Waals surface area contributed by atoms with Gasteiger partial charge in [-0.05, 0) is 43.2 Å². The van der Waals surface area contributed by atoms with Crippen molar-refractivity contribution in [2.45, 2.75) is 13.8 Å². The number of hydrogen-bond donors (Lipinski definition) is 2. The second-order valence-corrected chi connectivity index (χ2v) is 6.59. The molecule has 0 bridgehead atoms. The number of carbonyl (C=O) groups excluding carboxylic acids is 3. The molecule has 1 heterocycles. The van der Waals surface area contributed by atoms with Gasteiger partial charge in [0.15, 0.2) is 0 Å². The van der Waals surface area contributed by atoms with Crippen LogP contribution in [0.2, 0.25) is 0 Å². The van der Waals surface area contributed by atoms with Gasteiger partial charge >= 0.3 is 6.03 Å². The Morgan fingerprint density at radius 2 is 1.75 bits per heavy atom. The summed E-state index contributed by atoms with van der Waals surface area (Å²) in [5.74, 6) is -0.963. The van der Waals surface area contributed by atoms with Crippen molar-refractivity contribution in [3.05, 3.63) is 83.1 Å². The van der Waals surface area contributed by atoms with Crippen LogP contribution in [0.5, 0.6) is 0 Å². The smallest absolute Gasteiger partial charge is 0.325 e. The summed E-state index contributed by atoms with van der Waals surface area (Å²) in [5, 5.41) is 5.21. The van der Waals surface area contributed by atoms with Crippen molar-refractivity contribution < 1.29 is 14.4 Å². The van der Waals surface area contributed by atoms with Crippen molar-refractivity contribution in [3.8, 4) is 0 Å². The molecule has 1 aliphatic heterocycles.